The molecule has 1 aliphatic carbocycles. The highest BCUT2D eigenvalue weighted by Gasteiger charge is 2.43. The van der Waals surface area contributed by atoms with E-state index in [4.69, 9.17) is 10.5 Å². The van der Waals surface area contributed by atoms with E-state index in [1.165, 1.54) is 28.8 Å². The summed E-state index contributed by atoms with van der Waals surface area (Å²) in [5, 5.41) is 54.3. The van der Waals surface area contributed by atoms with E-state index in [1.54, 1.807) is 73.8 Å². The highest BCUT2D eigenvalue weighted by Crippen LogP contribution is 2.39. The van der Waals surface area contributed by atoms with Crippen LogP contribution in [0.2, 0.25) is 0 Å². The Morgan fingerprint density at radius 3 is 2.24 bits per heavy atom. The van der Waals surface area contributed by atoms with Gasteiger partial charge in [0.2, 0.25) is 35.4 Å². The molecule has 3 aromatic carbocycles. The number of likely N-dealkylation sites (tertiary alicyclic amines) is 1. The number of piperidine rings is 1. The van der Waals surface area contributed by atoms with Gasteiger partial charge in [-0.25, -0.2) is 4.39 Å². The van der Waals surface area contributed by atoms with Crippen LogP contribution in [-0.4, -0.2) is 163 Å². The number of aromatic amines is 1. The lowest BCUT2D eigenvalue weighted by Gasteiger charge is -2.41. The number of H-pyrrole nitrogens is 1. The van der Waals surface area contributed by atoms with Crippen LogP contribution in [0.25, 0.3) is 10.9 Å². The summed E-state index contributed by atoms with van der Waals surface area (Å²) in [7, 11) is 1.72. The third kappa shape index (κ3) is 14.8. The van der Waals surface area contributed by atoms with E-state index < -0.39 is 121 Å². The fourth-order valence-electron chi connectivity index (χ4n) is 11.3. The summed E-state index contributed by atoms with van der Waals surface area (Å²) >= 11 is 1.39. The molecule has 7 amide bonds. The number of carbonyl (C=O) groups is 7. The maximum absolute atomic E-state index is 15.5. The van der Waals surface area contributed by atoms with Crippen LogP contribution >= 0.6 is 11.8 Å². The van der Waals surface area contributed by atoms with Crippen molar-refractivity contribution in [2.24, 2.45) is 18.7 Å². The largest absolute Gasteiger partial charge is 0.394 e. The van der Waals surface area contributed by atoms with Gasteiger partial charge in [0.05, 0.1) is 49.5 Å². The molecular formula is C58H74FN11O11S. The number of anilines is 1. The van der Waals surface area contributed by atoms with Crippen molar-refractivity contribution in [3.63, 3.8) is 0 Å². The van der Waals surface area contributed by atoms with Gasteiger partial charge in [-0.15, -0.1) is 0 Å². The van der Waals surface area contributed by atoms with Gasteiger partial charge in [-0.1, -0.05) is 55.3 Å². The maximum atomic E-state index is 15.5. The van der Waals surface area contributed by atoms with Gasteiger partial charge in [-0.3, -0.25) is 38.2 Å². The predicted octanol–water partition coefficient (Wildman–Crippen LogP) is 2.12. The molecule has 4 heterocycles. The van der Waals surface area contributed by atoms with E-state index in [-0.39, 0.29) is 44.5 Å². The molecule has 5 aromatic rings. The van der Waals surface area contributed by atoms with Crippen molar-refractivity contribution in [3.05, 3.63) is 119 Å². The lowest BCUT2D eigenvalue weighted by Crippen LogP contribution is -2.60. The zero-order chi connectivity index (χ0) is 58.6. The second-order valence-electron chi connectivity index (χ2n) is 21.5. The average Bonchev–Trinajstić information content (AvgIpc) is 3.96. The lowest BCUT2D eigenvalue weighted by molar-refractivity contribution is -0.147. The van der Waals surface area contributed by atoms with Crippen molar-refractivity contribution < 1.29 is 58.0 Å². The number of nitrogens with zero attached hydrogens (tertiary/aromatic N) is 3. The number of amides is 7. The molecule has 4 unspecified atom stereocenters. The Bertz CT molecular complexity index is 3040. The van der Waals surface area contributed by atoms with Crippen molar-refractivity contribution in [3.8, 4) is 0 Å². The number of thioether (sulfide) groups is 1. The molecule has 12 N–H and O–H groups in total. The second-order valence-corrected chi connectivity index (χ2v) is 22.5. The minimum atomic E-state index is -1.68. The Hall–Kier alpha value is -7.38. The van der Waals surface area contributed by atoms with Crippen molar-refractivity contribution in [2.75, 3.05) is 43.6 Å². The van der Waals surface area contributed by atoms with Gasteiger partial charge >= 0.3 is 0 Å². The molecule has 0 radical (unpaired) electrons. The number of halogens is 1. The van der Waals surface area contributed by atoms with Crippen molar-refractivity contribution in [1.29, 1.82) is 0 Å². The monoisotopic (exact) mass is 1150 g/mol. The van der Waals surface area contributed by atoms with Crippen LogP contribution in [0.3, 0.4) is 0 Å². The number of fused-ring (bicyclic) bond motifs is 1. The smallest absolute Gasteiger partial charge is 0.257 e. The number of nitrogens with two attached hydrogens (primary N) is 1. The van der Waals surface area contributed by atoms with Crippen LogP contribution in [0.5, 0.6) is 0 Å². The van der Waals surface area contributed by atoms with E-state index >= 15 is 4.39 Å². The highest BCUT2D eigenvalue weighted by molar-refractivity contribution is 7.98. The summed E-state index contributed by atoms with van der Waals surface area (Å²) in [5.41, 5.74) is 9.29. The number of aliphatic hydroxyl groups excluding tert-OH is 3. The molecule has 0 bridgehead atoms. The number of aliphatic hydroxyl groups is 3. The lowest BCUT2D eigenvalue weighted by atomic mass is 9.83. The molecule has 24 heteroatoms. The first kappa shape index (κ1) is 60.7. The maximum Gasteiger partial charge on any atom is 0.257 e. The van der Waals surface area contributed by atoms with Gasteiger partial charge in [-0.05, 0) is 97.6 Å². The zero-order valence-electron chi connectivity index (χ0n) is 46.1. The molecule has 10 atom stereocenters. The molecular weight excluding hydrogens is 1080 g/mol. The number of para-hydroxylation sites is 1. The molecule has 3 fully saturated rings. The predicted molar refractivity (Wildman–Crippen MR) is 304 cm³/mol. The third-order valence-corrected chi connectivity index (χ3v) is 16.4. The quantitative estimate of drug-likeness (QED) is 0.0422. The summed E-state index contributed by atoms with van der Waals surface area (Å²) in [5.74, 6) is -7.78. The van der Waals surface area contributed by atoms with E-state index in [1.807, 2.05) is 24.3 Å². The van der Waals surface area contributed by atoms with E-state index in [9.17, 15) is 48.9 Å². The SMILES string of the molecule is CSCCC(NC(=O)C(CC(N)=O)NC(=O)C(Cc1c[nH]c2ccccc12)NC(=O)C(CO)NC(=O)[C@H]1CCCN(C(=O)c2c(C)cccc2F)[C@H]1c1ccc(NC2CCCC2)cc1)C(=O)NC[C@H]1OC[C@@H](c2cnn(C)c2)[C@@H](O)[C@H]1O. The number of carbonyl (C=O) groups excluding carboxylic acids is 7. The molecule has 3 aliphatic rings. The Morgan fingerprint density at radius 1 is 0.841 bits per heavy atom. The Kier molecular flexibility index (Phi) is 20.8. The number of nitrogens with one attached hydrogen (secondary N) is 7. The molecule has 2 saturated heterocycles. The van der Waals surface area contributed by atoms with Gasteiger partial charge in [-0.2, -0.15) is 16.9 Å². The fourth-order valence-corrected chi connectivity index (χ4v) is 11.8. The number of aryl methyl sites for hydroxylation is 2. The van der Waals surface area contributed by atoms with Crippen LogP contribution in [0.4, 0.5) is 10.1 Å². The number of hydrogen-bond donors (Lipinski definition) is 11. The highest BCUT2D eigenvalue weighted by atomic mass is 32.2. The minimum Gasteiger partial charge on any atom is -0.394 e. The summed E-state index contributed by atoms with van der Waals surface area (Å²) in [6, 6.07) is 12.2. The van der Waals surface area contributed by atoms with Crippen molar-refractivity contribution in [2.45, 2.75) is 125 Å². The Morgan fingerprint density at radius 2 is 1.55 bits per heavy atom. The number of aromatic nitrogens is 3. The van der Waals surface area contributed by atoms with Crippen LogP contribution in [-0.2, 0) is 47.0 Å². The molecule has 8 rings (SSSR count). The Labute approximate surface area is 478 Å². The van der Waals surface area contributed by atoms with Crippen LogP contribution in [0.1, 0.15) is 95.9 Å². The van der Waals surface area contributed by atoms with E-state index in [0.29, 0.717) is 51.4 Å². The first-order chi connectivity index (χ1) is 39.4. The summed E-state index contributed by atoms with van der Waals surface area (Å²) in [6.45, 7) is 0.681. The van der Waals surface area contributed by atoms with Gasteiger partial charge in [0.1, 0.15) is 42.2 Å². The number of benzene rings is 3. The molecule has 0 spiro atoms. The van der Waals surface area contributed by atoms with Gasteiger partial charge < -0.3 is 67.6 Å². The Balaban J connectivity index is 0.988. The average molecular weight is 1150 g/mol. The van der Waals surface area contributed by atoms with Crippen molar-refractivity contribution >= 4 is 69.7 Å². The normalized spacial score (nSPS) is 21.6. The van der Waals surface area contributed by atoms with Crippen LogP contribution < -0.4 is 37.6 Å². The summed E-state index contributed by atoms with van der Waals surface area (Å²) in [4.78, 5) is 103. The van der Waals surface area contributed by atoms with E-state index in [2.05, 4.69) is 42.0 Å². The number of ether oxygens (including phenoxy) is 1. The third-order valence-electron chi connectivity index (χ3n) is 15.7. The molecule has 440 valence electrons. The number of rotatable bonds is 24. The zero-order valence-corrected chi connectivity index (χ0v) is 47.0. The molecule has 2 aromatic heterocycles. The first-order valence-corrected chi connectivity index (χ1v) is 29.1. The van der Waals surface area contributed by atoms with Crippen molar-refractivity contribution in [1.82, 2.24) is 46.2 Å². The number of primary amides is 1. The van der Waals surface area contributed by atoms with Crippen LogP contribution in [0.15, 0.2) is 85.3 Å². The first-order valence-electron chi connectivity index (χ1n) is 27.8. The topological polar surface area (TPSA) is 324 Å². The van der Waals surface area contributed by atoms with Gasteiger partial charge in [0, 0.05) is 67.5 Å². The minimum absolute atomic E-state index is 0.0268. The second kappa shape index (κ2) is 28.1. The molecule has 82 heavy (non-hydrogen) atoms. The molecule has 2 aliphatic heterocycles. The van der Waals surface area contributed by atoms with E-state index in [0.717, 1.165) is 31.4 Å². The van der Waals surface area contributed by atoms with Gasteiger partial charge in [0.25, 0.3) is 5.91 Å². The fraction of sp³-hybridized carbons (Fsp3) is 0.483. The molecule has 22 nitrogen and oxygen atoms in total. The summed E-state index contributed by atoms with van der Waals surface area (Å²) in [6.07, 6.45) is 7.14. The molecule has 1 saturated carbocycles. The van der Waals surface area contributed by atoms with Gasteiger partial charge in [0.15, 0.2) is 0 Å². The standard InChI is InChI=1S/C58H74FN11O11S/c1-32-10-8-15-41(59)49(32)58(80)70-22-9-14-39(50(70)33-17-19-37(20-18-33)64-36-11-4-5-12-36)53(75)68-46(30-71)57(79)66-44(24-34-26-61-42-16-7-6-13-38(34)42)55(77)67-45(25-48(60)72)56(78)65-43(21-23-82-3)54(76)62-28-47-52(74)51(73)40(31-81-47)35-27-63-69(2)29-35/h6-8,10,13,15-20,26-27,29,36,39-40,43-47,50-52,61,64,71,73-74H,4-5,9,11-12,14,21-25,28,30-31H2,1-3H3,(H2,60,72)(H,62,76)(H,65,78)(H,66,79)(H,67,77)(H,68,75)/t39-,40-,43?,44?,45?,46?,47+,50-,51+,52-/m0/s1. The summed E-state index contributed by atoms with van der Waals surface area (Å²) < 4.78 is 22.9. The number of hydrogen-bond acceptors (Lipinski definition) is 14. The van der Waals surface area contributed by atoms with Crippen LogP contribution in [0, 0.1) is 18.7 Å².